The second kappa shape index (κ2) is 4.96. The number of fused-ring (bicyclic) bond motifs is 1. The maximum absolute atomic E-state index is 11.9. The van der Waals surface area contributed by atoms with Crippen LogP contribution in [0, 0.1) is 5.41 Å². The Balaban J connectivity index is 2.05. The molecule has 0 bridgehead atoms. The summed E-state index contributed by atoms with van der Waals surface area (Å²) in [6.07, 6.45) is 0.923. The average molecular weight is 260 g/mol. The fourth-order valence-corrected chi connectivity index (χ4v) is 1.81. The molecule has 2 rings (SSSR count). The lowest BCUT2D eigenvalue weighted by Crippen LogP contribution is -2.26. The Morgan fingerprint density at radius 1 is 1.32 bits per heavy atom. The molecule has 0 atom stereocenters. The van der Waals surface area contributed by atoms with E-state index in [9.17, 15) is 4.79 Å². The van der Waals surface area contributed by atoms with Crippen molar-refractivity contribution in [1.29, 1.82) is 0 Å². The number of benzene rings is 1. The quantitative estimate of drug-likeness (QED) is 0.833. The Labute approximate surface area is 113 Å². The van der Waals surface area contributed by atoms with Gasteiger partial charge in [0, 0.05) is 17.6 Å². The summed E-state index contributed by atoms with van der Waals surface area (Å²) in [5.41, 5.74) is 7.24. The molecule has 0 radical (unpaired) electrons. The second-order valence-electron chi connectivity index (χ2n) is 5.97. The summed E-state index contributed by atoms with van der Waals surface area (Å²) in [7, 11) is 0. The van der Waals surface area contributed by atoms with Crippen molar-refractivity contribution in [2.75, 3.05) is 12.3 Å². The van der Waals surface area contributed by atoms with Gasteiger partial charge in [-0.15, -0.1) is 0 Å². The van der Waals surface area contributed by atoms with E-state index >= 15 is 0 Å². The lowest BCUT2D eigenvalue weighted by Gasteiger charge is -2.17. The zero-order valence-corrected chi connectivity index (χ0v) is 11.6. The minimum Gasteiger partial charge on any atom is -0.451 e. The third kappa shape index (κ3) is 3.50. The summed E-state index contributed by atoms with van der Waals surface area (Å²) in [6.45, 7) is 7.07. The molecule has 1 aromatic heterocycles. The number of hydrogen-bond acceptors (Lipinski definition) is 3. The molecule has 19 heavy (non-hydrogen) atoms. The minimum absolute atomic E-state index is 0.181. The first-order valence-corrected chi connectivity index (χ1v) is 6.42. The molecule has 0 saturated heterocycles. The smallest absolute Gasteiger partial charge is 0.287 e. The first-order valence-electron chi connectivity index (χ1n) is 6.42. The van der Waals surface area contributed by atoms with Crippen molar-refractivity contribution in [3.05, 3.63) is 30.0 Å². The molecular formula is C15H20N2O2. The molecule has 1 aromatic carbocycles. The zero-order chi connectivity index (χ0) is 14.0. The summed E-state index contributed by atoms with van der Waals surface area (Å²) in [5.74, 6) is 0.147. The first kappa shape index (κ1) is 13.5. The third-order valence-electron chi connectivity index (χ3n) is 2.92. The predicted octanol–water partition coefficient (Wildman–Crippen LogP) is 3.18. The number of amides is 1. The Hall–Kier alpha value is -1.97. The normalized spacial score (nSPS) is 11.7. The molecule has 102 valence electrons. The number of nitrogen functional groups attached to an aromatic ring is 1. The molecule has 4 nitrogen and oxygen atoms in total. The molecule has 0 aliphatic carbocycles. The van der Waals surface area contributed by atoms with E-state index in [0.29, 0.717) is 23.6 Å². The van der Waals surface area contributed by atoms with Gasteiger partial charge in [0.1, 0.15) is 5.58 Å². The van der Waals surface area contributed by atoms with E-state index in [2.05, 4.69) is 26.1 Å². The predicted molar refractivity (Wildman–Crippen MR) is 77.0 cm³/mol. The topological polar surface area (TPSA) is 68.3 Å². The van der Waals surface area contributed by atoms with Crippen LogP contribution >= 0.6 is 0 Å². The number of carbonyl (C=O) groups excluding carboxylic acids is 1. The van der Waals surface area contributed by atoms with Gasteiger partial charge in [-0.25, -0.2) is 0 Å². The van der Waals surface area contributed by atoms with Crippen LogP contribution in [0.5, 0.6) is 0 Å². The Bertz CT molecular complexity index is 594. The molecule has 0 spiro atoms. The van der Waals surface area contributed by atoms with Gasteiger partial charge in [0.05, 0.1) is 0 Å². The van der Waals surface area contributed by atoms with Crippen LogP contribution in [0.2, 0.25) is 0 Å². The Morgan fingerprint density at radius 2 is 2.05 bits per heavy atom. The van der Waals surface area contributed by atoms with Gasteiger partial charge < -0.3 is 15.5 Å². The van der Waals surface area contributed by atoms with Crippen LogP contribution in [0.4, 0.5) is 5.69 Å². The van der Waals surface area contributed by atoms with Crippen LogP contribution < -0.4 is 11.1 Å². The lowest BCUT2D eigenvalue weighted by molar-refractivity contribution is 0.0924. The molecule has 1 amide bonds. The van der Waals surface area contributed by atoms with Crippen molar-refractivity contribution in [1.82, 2.24) is 5.32 Å². The van der Waals surface area contributed by atoms with Crippen molar-refractivity contribution in [2.45, 2.75) is 27.2 Å². The molecular weight excluding hydrogens is 240 g/mol. The van der Waals surface area contributed by atoms with E-state index < -0.39 is 0 Å². The summed E-state index contributed by atoms with van der Waals surface area (Å²) in [5, 5.41) is 3.72. The fraction of sp³-hybridized carbons (Fsp3) is 0.400. The maximum Gasteiger partial charge on any atom is 0.287 e. The van der Waals surface area contributed by atoms with E-state index in [0.717, 1.165) is 11.8 Å². The monoisotopic (exact) mass is 260 g/mol. The number of anilines is 1. The highest BCUT2D eigenvalue weighted by Gasteiger charge is 2.14. The molecule has 3 N–H and O–H groups in total. The molecule has 0 fully saturated rings. The van der Waals surface area contributed by atoms with E-state index in [1.165, 1.54) is 0 Å². The van der Waals surface area contributed by atoms with Gasteiger partial charge in [0.2, 0.25) is 0 Å². The van der Waals surface area contributed by atoms with E-state index in [1.807, 2.05) is 0 Å². The highest BCUT2D eigenvalue weighted by Crippen LogP contribution is 2.22. The number of nitrogens with two attached hydrogens (primary N) is 1. The van der Waals surface area contributed by atoms with Gasteiger partial charge >= 0.3 is 0 Å². The summed E-state index contributed by atoms with van der Waals surface area (Å²) in [6, 6.07) is 7.05. The number of carbonyl (C=O) groups is 1. The number of hydrogen-bond donors (Lipinski definition) is 2. The zero-order valence-electron chi connectivity index (χ0n) is 11.6. The largest absolute Gasteiger partial charge is 0.451 e. The molecule has 0 unspecified atom stereocenters. The van der Waals surface area contributed by atoms with Gasteiger partial charge in [-0.2, -0.15) is 0 Å². The molecule has 4 heteroatoms. The number of rotatable bonds is 3. The third-order valence-corrected chi connectivity index (χ3v) is 2.92. The van der Waals surface area contributed by atoms with Gasteiger partial charge in [-0.05, 0) is 36.1 Å². The second-order valence-corrected chi connectivity index (χ2v) is 5.97. The Kier molecular flexibility index (Phi) is 3.51. The lowest BCUT2D eigenvalue weighted by atomic mass is 9.92. The van der Waals surface area contributed by atoms with Crippen molar-refractivity contribution >= 4 is 22.6 Å². The van der Waals surface area contributed by atoms with Crippen molar-refractivity contribution in [2.24, 2.45) is 5.41 Å². The Morgan fingerprint density at radius 3 is 2.74 bits per heavy atom. The van der Waals surface area contributed by atoms with Crippen LogP contribution in [0.1, 0.15) is 37.7 Å². The SMILES string of the molecule is CC(C)(C)CCNC(=O)c1cc2cc(N)ccc2o1. The molecule has 0 aliphatic heterocycles. The van der Waals surface area contributed by atoms with Crippen LogP contribution in [0.25, 0.3) is 11.0 Å². The van der Waals surface area contributed by atoms with Crippen molar-refractivity contribution < 1.29 is 9.21 Å². The van der Waals surface area contributed by atoms with Gasteiger partial charge in [0.15, 0.2) is 5.76 Å². The van der Waals surface area contributed by atoms with Crippen LogP contribution in [0.15, 0.2) is 28.7 Å². The van der Waals surface area contributed by atoms with Crippen LogP contribution in [-0.4, -0.2) is 12.5 Å². The van der Waals surface area contributed by atoms with Gasteiger partial charge in [0.25, 0.3) is 5.91 Å². The fourth-order valence-electron chi connectivity index (χ4n) is 1.81. The summed E-state index contributed by atoms with van der Waals surface area (Å²) < 4.78 is 5.50. The van der Waals surface area contributed by atoms with E-state index in [4.69, 9.17) is 10.2 Å². The molecule has 0 saturated carbocycles. The number of furan rings is 1. The average Bonchev–Trinajstić information content (AvgIpc) is 2.70. The van der Waals surface area contributed by atoms with Gasteiger partial charge in [-0.3, -0.25) is 4.79 Å². The van der Waals surface area contributed by atoms with E-state index in [-0.39, 0.29) is 11.3 Å². The highest BCUT2D eigenvalue weighted by atomic mass is 16.3. The maximum atomic E-state index is 11.9. The molecule has 2 aromatic rings. The summed E-state index contributed by atoms with van der Waals surface area (Å²) in [4.78, 5) is 11.9. The van der Waals surface area contributed by atoms with Crippen molar-refractivity contribution in [3.8, 4) is 0 Å². The first-order chi connectivity index (χ1) is 8.85. The summed E-state index contributed by atoms with van der Waals surface area (Å²) >= 11 is 0. The molecule has 0 aliphatic rings. The van der Waals surface area contributed by atoms with Crippen LogP contribution in [-0.2, 0) is 0 Å². The highest BCUT2D eigenvalue weighted by molar-refractivity contribution is 5.96. The van der Waals surface area contributed by atoms with E-state index in [1.54, 1.807) is 24.3 Å². The van der Waals surface area contributed by atoms with Crippen LogP contribution in [0.3, 0.4) is 0 Å². The van der Waals surface area contributed by atoms with Crippen molar-refractivity contribution in [3.63, 3.8) is 0 Å². The number of nitrogens with one attached hydrogen (secondary N) is 1. The minimum atomic E-state index is -0.181. The molecule has 1 heterocycles. The van der Waals surface area contributed by atoms with Gasteiger partial charge in [-0.1, -0.05) is 20.8 Å². The standard InChI is InChI=1S/C15H20N2O2/c1-15(2,3)6-7-17-14(18)13-9-10-8-11(16)4-5-12(10)19-13/h4-5,8-9H,6-7,16H2,1-3H3,(H,17,18).